The number of rotatable bonds is 5. The number of phenols is 1. The van der Waals surface area contributed by atoms with E-state index in [0.29, 0.717) is 12.0 Å². The van der Waals surface area contributed by atoms with Crippen LogP contribution in [0.15, 0.2) is 48.5 Å². The summed E-state index contributed by atoms with van der Waals surface area (Å²) in [6.45, 7) is 0.0579. The largest absolute Gasteiger partial charge is 0.508 e. The molecule has 0 aromatic heterocycles. The molecule has 1 atom stereocenters. The Morgan fingerprint density at radius 3 is 2.29 bits per heavy atom. The molecule has 0 saturated heterocycles. The maximum atomic E-state index is 12.7. The van der Waals surface area contributed by atoms with Gasteiger partial charge in [0.15, 0.2) is 0 Å². The first-order valence-electron chi connectivity index (χ1n) is 6.49. The van der Waals surface area contributed by atoms with Crippen molar-refractivity contribution in [1.29, 1.82) is 0 Å². The van der Waals surface area contributed by atoms with E-state index >= 15 is 0 Å². The Labute approximate surface area is 122 Å². The fourth-order valence-corrected chi connectivity index (χ4v) is 1.81. The lowest BCUT2D eigenvalue weighted by Gasteiger charge is -2.11. The molecule has 0 saturated carbocycles. The van der Waals surface area contributed by atoms with Gasteiger partial charge in [0.05, 0.1) is 0 Å². The molecule has 5 heteroatoms. The molecule has 3 N–H and O–H groups in total. The summed E-state index contributed by atoms with van der Waals surface area (Å²) in [5.41, 5.74) is 7.31. The number of aromatic hydroxyl groups is 1. The van der Waals surface area contributed by atoms with Crippen molar-refractivity contribution in [1.82, 2.24) is 0 Å². The molecule has 2 aromatic rings. The molecule has 0 aliphatic rings. The van der Waals surface area contributed by atoms with Crippen LogP contribution in [-0.2, 0) is 22.6 Å². The minimum atomic E-state index is -0.782. The van der Waals surface area contributed by atoms with Gasteiger partial charge in [0, 0.05) is 0 Å². The number of ether oxygens (including phenoxy) is 1. The molecule has 0 aliphatic carbocycles. The van der Waals surface area contributed by atoms with Gasteiger partial charge in [-0.1, -0.05) is 24.3 Å². The lowest BCUT2D eigenvalue weighted by atomic mass is 10.1. The second-order valence-corrected chi connectivity index (χ2v) is 4.71. The number of carbonyl (C=O) groups excluding carboxylic acids is 1. The van der Waals surface area contributed by atoms with Crippen LogP contribution in [0.2, 0.25) is 0 Å². The predicted molar refractivity (Wildman–Crippen MR) is 76.0 cm³/mol. The molecule has 2 rings (SSSR count). The number of carbonyl (C=O) groups is 1. The second kappa shape index (κ2) is 6.85. The van der Waals surface area contributed by atoms with Gasteiger partial charge in [-0.05, 0) is 41.8 Å². The summed E-state index contributed by atoms with van der Waals surface area (Å²) in [5.74, 6) is -0.701. The van der Waals surface area contributed by atoms with Gasteiger partial charge < -0.3 is 15.6 Å². The van der Waals surface area contributed by atoms with Crippen molar-refractivity contribution in [3.05, 3.63) is 65.5 Å². The minimum Gasteiger partial charge on any atom is -0.508 e. The molecule has 0 fully saturated rings. The maximum Gasteiger partial charge on any atom is 0.323 e. The molecule has 0 bridgehead atoms. The van der Waals surface area contributed by atoms with Crippen molar-refractivity contribution < 1.29 is 19.0 Å². The number of esters is 1. The fourth-order valence-electron chi connectivity index (χ4n) is 1.81. The second-order valence-electron chi connectivity index (χ2n) is 4.71. The van der Waals surface area contributed by atoms with Crippen molar-refractivity contribution in [2.24, 2.45) is 5.73 Å². The van der Waals surface area contributed by atoms with E-state index in [9.17, 15) is 14.3 Å². The lowest BCUT2D eigenvalue weighted by molar-refractivity contribution is -0.146. The van der Waals surface area contributed by atoms with Crippen LogP contribution in [-0.4, -0.2) is 17.1 Å². The summed E-state index contributed by atoms with van der Waals surface area (Å²) in [7, 11) is 0. The van der Waals surface area contributed by atoms with Crippen LogP contribution in [0.4, 0.5) is 4.39 Å². The molecular formula is C16H16FNO3. The van der Waals surface area contributed by atoms with E-state index in [4.69, 9.17) is 10.5 Å². The summed E-state index contributed by atoms with van der Waals surface area (Å²) in [5, 5.41) is 9.18. The Bertz CT molecular complexity index is 596. The summed E-state index contributed by atoms with van der Waals surface area (Å²) in [4.78, 5) is 11.8. The van der Waals surface area contributed by atoms with Crippen LogP contribution < -0.4 is 5.73 Å². The predicted octanol–water partition coefficient (Wildman–Crippen LogP) is 2.14. The number of halogens is 1. The molecule has 2 aromatic carbocycles. The van der Waals surface area contributed by atoms with Gasteiger partial charge in [-0.15, -0.1) is 0 Å². The Balaban J connectivity index is 1.84. The molecule has 0 radical (unpaired) electrons. The van der Waals surface area contributed by atoms with Crippen molar-refractivity contribution in [3.63, 3.8) is 0 Å². The van der Waals surface area contributed by atoms with Crippen molar-refractivity contribution in [2.75, 3.05) is 0 Å². The normalized spacial score (nSPS) is 11.9. The average molecular weight is 289 g/mol. The van der Waals surface area contributed by atoms with E-state index in [2.05, 4.69) is 0 Å². The van der Waals surface area contributed by atoms with Gasteiger partial charge in [0.25, 0.3) is 0 Å². The molecule has 21 heavy (non-hydrogen) atoms. The zero-order chi connectivity index (χ0) is 15.2. The third-order valence-corrected chi connectivity index (χ3v) is 2.99. The van der Waals surface area contributed by atoms with Crippen LogP contribution in [0.1, 0.15) is 11.1 Å². The van der Waals surface area contributed by atoms with E-state index in [-0.39, 0.29) is 18.2 Å². The first-order chi connectivity index (χ1) is 10.0. The van der Waals surface area contributed by atoms with E-state index in [1.807, 2.05) is 0 Å². The van der Waals surface area contributed by atoms with Crippen LogP contribution in [0, 0.1) is 5.82 Å². The Morgan fingerprint density at radius 1 is 1.10 bits per heavy atom. The Morgan fingerprint density at radius 2 is 1.67 bits per heavy atom. The highest BCUT2D eigenvalue weighted by atomic mass is 19.1. The third kappa shape index (κ3) is 4.57. The van der Waals surface area contributed by atoms with Gasteiger partial charge in [0.1, 0.15) is 24.2 Å². The van der Waals surface area contributed by atoms with Crippen LogP contribution in [0.3, 0.4) is 0 Å². The Hall–Kier alpha value is -2.40. The van der Waals surface area contributed by atoms with Gasteiger partial charge in [-0.2, -0.15) is 0 Å². The van der Waals surface area contributed by atoms with Crippen LogP contribution >= 0.6 is 0 Å². The quantitative estimate of drug-likeness (QED) is 0.827. The van der Waals surface area contributed by atoms with E-state index in [1.54, 1.807) is 24.3 Å². The summed E-state index contributed by atoms with van der Waals surface area (Å²) in [6, 6.07) is 11.4. The Kier molecular flexibility index (Phi) is 4.90. The highest BCUT2D eigenvalue weighted by Crippen LogP contribution is 2.11. The number of benzene rings is 2. The molecule has 0 amide bonds. The smallest absolute Gasteiger partial charge is 0.323 e. The lowest BCUT2D eigenvalue weighted by Crippen LogP contribution is -2.34. The van der Waals surface area contributed by atoms with Gasteiger partial charge in [0.2, 0.25) is 0 Å². The molecule has 0 spiro atoms. The standard InChI is InChI=1S/C16H16FNO3/c17-13-5-1-12(2-6-13)10-21-16(20)15(18)9-11-3-7-14(19)8-4-11/h1-8,15,19H,9-10,18H2/t15-/m0/s1. The first kappa shape index (κ1) is 15.0. The number of nitrogens with two attached hydrogens (primary N) is 1. The van der Waals surface area contributed by atoms with Gasteiger partial charge in [-0.25, -0.2) is 4.39 Å². The zero-order valence-corrected chi connectivity index (χ0v) is 11.3. The van der Waals surface area contributed by atoms with Crippen LogP contribution in [0.25, 0.3) is 0 Å². The number of hydrogen-bond donors (Lipinski definition) is 2. The average Bonchev–Trinajstić information content (AvgIpc) is 2.48. The molecular weight excluding hydrogens is 273 g/mol. The van der Waals surface area contributed by atoms with Crippen molar-refractivity contribution >= 4 is 5.97 Å². The van der Waals surface area contributed by atoms with E-state index < -0.39 is 12.0 Å². The van der Waals surface area contributed by atoms with Gasteiger partial charge >= 0.3 is 5.97 Å². The maximum absolute atomic E-state index is 12.7. The molecule has 0 unspecified atom stereocenters. The van der Waals surface area contributed by atoms with Gasteiger partial charge in [-0.3, -0.25) is 4.79 Å². The third-order valence-electron chi connectivity index (χ3n) is 2.99. The highest BCUT2D eigenvalue weighted by molar-refractivity contribution is 5.75. The number of hydrogen-bond acceptors (Lipinski definition) is 4. The first-order valence-corrected chi connectivity index (χ1v) is 6.49. The molecule has 0 aliphatic heterocycles. The van der Waals surface area contributed by atoms with E-state index in [1.165, 1.54) is 24.3 Å². The van der Waals surface area contributed by atoms with Crippen molar-refractivity contribution in [2.45, 2.75) is 19.1 Å². The van der Waals surface area contributed by atoms with Crippen molar-refractivity contribution in [3.8, 4) is 5.75 Å². The molecule has 4 nitrogen and oxygen atoms in total. The highest BCUT2D eigenvalue weighted by Gasteiger charge is 2.15. The fraction of sp³-hybridized carbons (Fsp3) is 0.188. The summed E-state index contributed by atoms with van der Waals surface area (Å²) < 4.78 is 17.8. The molecule has 110 valence electrons. The van der Waals surface area contributed by atoms with Crippen LogP contribution in [0.5, 0.6) is 5.75 Å². The zero-order valence-electron chi connectivity index (χ0n) is 11.3. The molecule has 0 heterocycles. The topological polar surface area (TPSA) is 72.5 Å². The monoisotopic (exact) mass is 289 g/mol. The van der Waals surface area contributed by atoms with E-state index in [0.717, 1.165) is 5.56 Å². The minimum absolute atomic E-state index is 0.0579. The summed E-state index contributed by atoms with van der Waals surface area (Å²) in [6.07, 6.45) is 0.322. The SMILES string of the molecule is N[C@@H](Cc1ccc(O)cc1)C(=O)OCc1ccc(F)cc1. The number of phenolic OH excluding ortho intramolecular Hbond substituents is 1. The summed E-state index contributed by atoms with van der Waals surface area (Å²) >= 11 is 0.